The minimum Gasteiger partial charge on any atom is -0.469 e. The standard InChI is InChI=1S/C9H7ClF2O2/c1-14-7(13)4-5-2-3-6(11)8(10)9(5)12/h2-3H,4H2,1H3. The van der Waals surface area contributed by atoms with Crippen LogP contribution in [0.2, 0.25) is 5.02 Å². The summed E-state index contributed by atoms with van der Waals surface area (Å²) in [5.74, 6) is -2.37. The molecule has 0 aliphatic carbocycles. The van der Waals surface area contributed by atoms with E-state index in [1.165, 1.54) is 7.11 Å². The fourth-order valence-corrected chi connectivity index (χ4v) is 1.11. The molecule has 0 fully saturated rings. The van der Waals surface area contributed by atoms with Gasteiger partial charge in [-0.1, -0.05) is 17.7 Å². The third-order valence-corrected chi connectivity index (χ3v) is 2.02. The number of rotatable bonds is 2. The molecule has 0 amide bonds. The van der Waals surface area contributed by atoms with E-state index in [-0.39, 0.29) is 12.0 Å². The largest absolute Gasteiger partial charge is 0.469 e. The predicted molar refractivity (Wildman–Crippen MR) is 47.1 cm³/mol. The molecule has 14 heavy (non-hydrogen) atoms. The molecule has 5 heteroatoms. The van der Waals surface area contributed by atoms with Crippen LogP contribution in [0.3, 0.4) is 0 Å². The van der Waals surface area contributed by atoms with Crippen molar-refractivity contribution in [3.05, 3.63) is 34.4 Å². The van der Waals surface area contributed by atoms with Crippen LogP contribution in [0, 0.1) is 11.6 Å². The summed E-state index contributed by atoms with van der Waals surface area (Å²) in [6.45, 7) is 0. The second-order valence-electron chi connectivity index (χ2n) is 2.59. The zero-order chi connectivity index (χ0) is 10.7. The molecule has 76 valence electrons. The Bertz CT molecular complexity index is 366. The molecule has 0 saturated carbocycles. The molecule has 0 bridgehead atoms. The van der Waals surface area contributed by atoms with Crippen LogP contribution in [0.25, 0.3) is 0 Å². The lowest BCUT2D eigenvalue weighted by atomic mass is 10.1. The SMILES string of the molecule is COC(=O)Cc1ccc(F)c(Cl)c1F. The first-order valence-electron chi connectivity index (χ1n) is 3.75. The Morgan fingerprint density at radius 1 is 1.50 bits per heavy atom. The van der Waals surface area contributed by atoms with Crippen LogP contribution >= 0.6 is 11.6 Å². The Morgan fingerprint density at radius 3 is 2.71 bits per heavy atom. The summed E-state index contributed by atoms with van der Waals surface area (Å²) in [4.78, 5) is 10.8. The van der Waals surface area contributed by atoms with Gasteiger partial charge in [0.15, 0.2) is 0 Å². The Kier molecular flexibility index (Phi) is 3.41. The van der Waals surface area contributed by atoms with E-state index in [9.17, 15) is 13.6 Å². The van der Waals surface area contributed by atoms with Crippen LogP contribution in [0.5, 0.6) is 0 Å². The average molecular weight is 221 g/mol. The van der Waals surface area contributed by atoms with Gasteiger partial charge >= 0.3 is 5.97 Å². The minimum atomic E-state index is -0.919. The number of methoxy groups -OCH3 is 1. The van der Waals surface area contributed by atoms with Crippen molar-refractivity contribution < 1.29 is 18.3 Å². The Balaban J connectivity index is 3.00. The Hall–Kier alpha value is -1.16. The second kappa shape index (κ2) is 4.37. The van der Waals surface area contributed by atoms with Crippen molar-refractivity contribution in [2.45, 2.75) is 6.42 Å². The van der Waals surface area contributed by atoms with E-state index >= 15 is 0 Å². The highest BCUT2D eigenvalue weighted by Crippen LogP contribution is 2.22. The van der Waals surface area contributed by atoms with Crippen LogP contribution in [-0.2, 0) is 16.0 Å². The first-order valence-corrected chi connectivity index (χ1v) is 4.13. The summed E-state index contributed by atoms with van der Waals surface area (Å²) in [6.07, 6.45) is -0.262. The fourth-order valence-electron chi connectivity index (χ4n) is 0.930. The molecule has 1 rings (SSSR count). The van der Waals surface area contributed by atoms with Gasteiger partial charge in [-0.3, -0.25) is 4.79 Å². The summed E-state index contributed by atoms with van der Waals surface area (Å²) in [5.41, 5.74) is 0.0169. The van der Waals surface area contributed by atoms with E-state index in [1.54, 1.807) is 0 Å². The topological polar surface area (TPSA) is 26.3 Å². The molecule has 1 aromatic rings. The van der Waals surface area contributed by atoms with Gasteiger partial charge in [0.25, 0.3) is 0 Å². The Labute approximate surface area is 84.4 Å². The van der Waals surface area contributed by atoms with E-state index in [0.29, 0.717) is 0 Å². The number of benzene rings is 1. The van der Waals surface area contributed by atoms with Crippen LogP contribution in [0.4, 0.5) is 8.78 Å². The van der Waals surface area contributed by atoms with Gasteiger partial charge in [-0.05, 0) is 6.07 Å². The quantitative estimate of drug-likeness (QED) is 0.565. The van der Waals surface area contributed by atoms with Gasteiger partial charge in [0.1, 0.15) is 16.7 Å². The van der Waals surface area contributed by atoms with Gasteiger partial charge in [-0.15, -0.1) is 0 Å². The first kappa shape index (κ1) is 10.9. The van der Waals surface area contributed by atoms with Crippen molar-refractivity contribution in [3.63, 3.8) is 0 Å². The molecule has 0 heterocycles. The highest BCUT2D eigenvalue weighted by molar-refractivity contribution is 6.31. The van der Waals surface area contributed by atoms with Crippen molar-refractivity contribution in [3.8, 4) is 0 Å². The van der Waals surface area contributed by atoms with Gasteiger partial charge < -0.3 is 4.74 Å². The molecule has 0 radical (unpaired) electrons. The summed E-state index contributed by atoms with van der Waals surface area (Å²) >= 11 is 5.31. The number of halogens is 3. The van der Waals surface area contributed by atoms with E-state index in [2.05, 4.69) is 4.74 Å². The lowest BCUT2D eigenvalue weighted by Gasteiger charge is -2.03. The Morgan fingerprint density at radius 2 is 2.14 bits per heavy atom. The average Bonchev–Trinajstić information content (AvgIpc) is 2.19. The number of carbonyl (C=O) groups excluding carboxylic acids is 1. The molecule has 0 atom stereocenters. The predicted octanol–water partition coefficient (Wildman–Crippen LogP) is 2.33. The van der Waals surface area contributed by atoms with Gasteiger partial charge in [0, 0.05) is 5.56 Å². The van der Waals surface area contributed by atoms with Crippen molar-refractivity contribution in [1.29, 1.82) is 0 Å². The molecule has 0 spiro atoms. The number of hydrogen-bond acceptors (Lipinski definition) is 2. The minimum absolute atomic E-state index is 0.0169. The molecule has 0 aliphatic heterocycles. The highest BCUT2D eigenvalue weighted by Gasteiger charge is 2.14. The summed E-state index contributed by atoms with van der Waals surface area (Å²) in [5, 5.41) is -0.605. The van der Waals surface area contributed by atoms with Crippen molar-refractivity contribution in [2.24, 2.45) is 0 Å². The van der Waals surface area contributed by atoms with Gasteiger partial charge in [0.2, 0.25) is 0 Å². The number of esters is 1. The maximum Gasteiger partial charge on any atom is 0.310 e. The molecule has 0 unspecified atom stereocenters. The maximum absolute atomic E-state index is 13.2. The molecule has 2 nitrogen and oxygen atoms in total. The molecule has 1 aromatic carbocycles. The van der Waals surface area contributed by atoms with Crippen molar-refractivity contribution >= 4 is 17.6 Å². The normalized spacial score (nSPS) is 10.0. The van der Waals surface area contributed by atoms with E-state index < -0.39 is 22.6 Å². The third kappa shape index (κ3) is 2.20. The van der Waals surface area contributed by atoms with Crippen LogP contribution in [0.15, 0.2) is 12.1 Å². The number of hydrogen-bond donors (Lipinski definition) is 0. The van der Waals surface area contributed by atoms with E-state index in [4.69, 9.17) is 11.6 Å². The second-order valence-corrected chi connectivity index (χ2v) is 2.97. The molecule has 0 N–H and O–H groups in total. The van der Waals surface area contributed by atoms with Gasteiger partial charge in [-0.2, -0.15) is 0 Å². The maximum atomic E-state index is 13.2. The molecular weight excluding hydrogens is 214 g/mol. The van der Waals surface area contributed by atoms with E-state index in [0.717, 1.165) is 12.1 Å². The zero-order valence-electron chi connectivity index (χ0n) is 7.31. The molecular formula is C9H7ClF2O2. The number of ether oxygens (including phenoxy) is 1. The highest BCUT2D eigenvalue weighted by atomic mass is 35.5. The zero-order valence-corrected chi connectivity index (χ0v) is 8.07. The monoisotopic (exact) mass is 220 g/mol. The summed E-state index contributed by atoms with van der Waals surface area (Å²) in [7, 11) is 1.19. The smallest absolute Gasteiger partial charge is 0.310 e. The van der Waals surface area contributed by atoms with E-state index in [1.807, 2.05) is 0 Å². The fraction of sp³-hybridized carbons (Fsp3) is 0.222. The van der Waals surface area contributed by atoms with Crippen LogP contribution in [-0.4, -0.2) is 13.1 Å². The first-order chi connectivity index (χ1) is 6.56. The lowest BCUT2D eigenvalue weighted by molar-refractivity contribution is -0.139. The third-order valence-electron chi connectivity index (χ3n) is 1.68. The molecule has 0 aliphatic rings. The van der Waals surface area contributed by atoms with Crippen molar-refractivity contribution in [2.75, 3.05) is 7.11 Å². The van der Waals surface area contributed by atoms with Crippen LogP contribution < -0.4 is 0 Å². The van der Waals surface area contributed by atoms with Gasteiger partial charge in [-0.25, -0.2) is 8.78 Å². The van der Waals surface area contributed by atoms with Crippen molar-refractivity contribution in [1.82, 2.24) is 0 Å². The summed E-state index contributed by atoms with van der Waals surface area (Å²) < 4.78 is 30.2. The lowest BCUT2D eigenvalue weighted by Crippen LogP contribution is -2.06. The molecule has 0 saturated heterocycles. The van der Waals surface area contributed by atoms with Gasteiger partial charge in [0.05, 0.1) is 13.5 Å². The number of carbonyl (C=O) groups is 1. The molecule has 0 aromatic heterocycles. The summed E-state index contributed by atoms with van der Waals surface area (Å²) in [6, 6.07) is 2.16. The van der Waals surface area contributed by atoms with Crippen LogP contribution in [0.1, 0.15) is 5.56 Å².